The van der Waals surface area contributed by atoms with Crippen molar-refractivity contribution < 1.29 is 83.9 Å². The summed E-state index contributed by atoms with van der Waals surface area (Å²) in [4.78, 5) is 31.2. The molecular formula is C24H24GdO9. The molecule has 3 rings (SSSR count). The van der Waals surface area contributed by atoms with E-state index in [9.17, 15) is 14.4 Å². The Labute approximate surface area is 228 Å². The molecule has 0 bridgehead atoms. The van der Waals surface area contributed by atoms with E-state index in [-0.39, 0.29) is 56.6 Å². The Morgan fingerprint density at radius 1 is 0.529 bits per heavy atom. The zero-order valence-electron chi connectivity index (χ0n) is 18.6. The average molecular weight is 614 g/mol. The topological polar surface area (TPSA) is 140 Å². The van der Waals surface area contributed by atoms with Gasteiger partial charge >= 0.3 is 17.9 Å². The Bertz CT molecular complexity index is 947. The number of hydrogen-bond donors (Lipinski definition) is 3. The number of carboxylic acid groups (broad SMARTS) is 3. The fourth-order valence-corrected chi connectivity index (χ4v) is 2.27. The summed E-state index contributed by atoms with van der Waals surface area (Å²) in [5.74, 6) is -1.14. The van der Waals surface area contributed by atoms with E-state index in [0.717, 1.165) is 0 Å². The fourth-order valence-electron chi connectivity index (χ4n) is 2.27. The van der Waals surface area contributed by atoms with Gasteiger partial charge in [0.05, 0.1) is 38.0 Å². The van der Waals surface area contributed by atoms with Gasteiger partial charge in [-0.2, -0.15) is 0 Å². The molecular weight excluding hydrogens is 590 g/mol. The van der Waals surface area contributed by atoms with E-state index in [2.05, 4.69) is 0 Å². The second-order valence-corrected chi connectivity index (χ2v) is 6.11. The molecule has 0 unspecified atom stereocenters. The number of rotatable bonds is 6. The zero-order valence-corrected chi connectivity index (χ0v) is 20.8. The van der Waals surface area contributed by atoms with E-state index in [0.29, 0.717) is 17.2 Å². The monoisotopic (exact) mass is 614 g/mol. The minimum atomic E-state index is -0.941. The second kappa shape index (κ2) is 16.4. The van der Waals surface area contributed by atoms with E-state index in [1.807, 2.05) is 0 Å². The first-order valence-corrected chi connectivity index (χ1v) is 9.33. The van der Waals surface area contributed by atoms with Crippen LogP contribution in [0.3, 0.4) is 0 Å². The van der Waals surface area contributed by atoms with E-state index < -0.39 is 17.9 Å². The quantitative estimate of drug-likeness (QED) is 0.374. The van der Waals surface area contributed by atoms with Gasteiger partial charge in [0.15, 0.2) is 0 Å². The molecule has 0 saturated heterocycles. The third-order valence-electron chi connectivity index (χ3n) is 3.95. The van der Waals surface area contributed by atoms with E-state index >= 15 is 0 Å². The van der Waals surface area contributed by atoms with E-state index in [1.165, 1.54) is 57.7 Å². The molecule has 3 N–H and O–H groups in total. The molecule has 34 heavy (non-hydrogen) atoms. The summed E-state index contributed by atoms with van der Waals surface area (Å²) >= 11 is 0. The van der Waals surface area contributed by atoms with Gasteiger partial charge in [-0.25, -0.2) is 14.4 Å². The molecule has 0 aliphatic heterocycles. The number of carboxylic acids is 3. The molecule has 9 nitrogen and oxygen atoms in total. The first-order valence-electron chi connectivity index (χ1n) is 9.33. The van der Waals surface area contributed by atoms with Crippen molar-refractivity contribution in [3.63, 3.8) is 0 Å². The number of methoxy groups -OCH3 is 3. The van der Waals surface area contributed by atoms with Crippen LogP contribution in [0.5, 0.6) is 17.2 Å². The number of benzene rings is 3. The van der Waals surface area contributed by atoms with Crippen molar-refractivity contribution in [2.45, 2.75) is 0 Å². The van der Waals surface area contributed by atoms with Crippen LogP contribution in [0, 0.1) is 39.9 Å². The summed E-state index contributed by atoms with van der Waals surface area (Å²) in [5, 5.41) is 25.6. The van der Waals surface area contributed by atoms with Crippen molar-refractivity contribution >= 4 is 17.9 Å². The molecule has 0 saturated carbocycles. The van der Waals surface area contributed by atoms with Crippen LogP contribution >= 0.6 is 0 Å². The molecule has 3 aromatic rings. The number of aromatic carboxylic acids is 3. The first kappa shape index (κ1) is 30.8. The maximum Gasteiger partial charge on any atom is 0.335 e. The van der Waals surface area contributed by atoms with Crippen LogP contribution < -0.4 is 14.2 Å². The largest absolute Gasteiger partial charge is 0.497 e. The van der Waals surface area contributed by atoms with Crippen LogP contribution in [0.1, 0.15) is 31.1 Å². The Hall–Kier alpha value is -3.21. The summed E-state index contributed by atoms with van der Waals surface area (Å²) in [6.45, 7) is 0. The molecule has 0 aliphatic rings. The summed E-state index contributed by atoms with van der Waals surface area (Å²) in [7, 11) is 4.50. The third-order valence-corrected chi connectivity index (χ3v) is 3.95. The maximum absolute atomic E-state index is 10.4. The van der Waals surface area contributed by atoms with Gasteiger partial charge in [-0.05, 0) is 54.6 Å². The van der Waals surface area contributed by atoms with Gasteiger partial charge in [0.1, 0.15) is 17.2 Å². The maximum atomic E-state index is 10.4. The van der Waals surface area contributed by atoms with Crippen LogP contribution in [0.2, 0.25) is 0 Å². The summed E-state index contributed by atoms with van der Waals surface area (Å²) < 4.78 is 14.5. The first-order chi connectivity index (χ1) is 15.7. The van der Waals surface area contributed by atoms with Crippen molar-refractivity contribution in [3.05, 3.63) is 89.5 Å². The van der Waals surface area contributed by atoms with Gasteiger partial charge in [0, 0.05) is 39.9 Å². The molecule has 3 aromatic carbocycles. The van der Waals surface area contributed by atoms with Crippen molar-refractivity contribution in [3.8, 4) is 17.2 Å². The summed E-state index contributed by atoms with van der Waals surface area (Å²) in [6, 6.07) is 19.0. The zero-order chi connectivity index (χ0) is 24.8. The summed E-state index contributed by atoms with van der Waals surface area (Å²) in [6.07, 6.45) is 0. The molecule has 0 heterocycles. The molecule has 0 atom stereocenters. The Balaban J connectivity index is 0.000000473. The van der Waals surface area contributed by atoms with Crippen molar-refractivity contribution in [2.24, 2.45) is 0 Å². The Kier molecular flexibility index (Phi) is 14.9. The third kappa shape index (κ3) is 11.1. The van der Waals surface area contributed by atoms with Gasteiger partial charge in [0.2, 0.25) is 0 Å². The minimum absolute atomic E-state index is 0. The molecule has 182 valence electrons. The Morgan fingerprint density at radius 3 is 0.941 bits per heavy atom. The second-order valence-electron chi connectivity index (χ2n) is 6.11. The van der Waals surface area contributed by atoms with Crippen LogP contribution in [-0.4, -0.2) is 54.6 Å². The standard InChI is InChI=1S/3C8H8O3.Gd/c3*1-11-7-4-2-3-6(5-7)8(9)10;/h3*2-5H,1H3,(H,9,10);. The predicted molar refractivity (Wildman–Crippen MR) is 120 cm³/mol. The van der Waals surface area contributed by atoms with Crippen LogP contribution in [0.25, 0.3) is 0 Å². The summed E-state index contributed by atoms with van der Waals surface area (Å²) in [5.41, 5.74) is 0.720. The Morgan fingerprint density at radius 2 is 0.765 bits per heavy atom. The predicted octanol–water partition coefficient (Wildman–Crippen LogP) is 4.18. The number of ether oxygens (including phenoxy) is 3. The van der Waals surface area contributed by atoms with Gasteiger partial charge < -0.3 is 29.5 Å². The van der Waals surface area contributed by atoms with E-state index in [1.54, 1.807) is 36.4 Å². The van der Waals surface area contributed by atoms with Crippen molar-refractivity contribution in [1.29, 1.82) is 0 Å². The number of carbonyl (C=O) groups is 3. The molecule has 0 aromatic heterocycles. The van der Waals surface area contributed by atoms with Crippen molar-refractivity contribution in [1.82, 2.24) is 0 Å². The normalized spacial score (nSPS) is 8.91. The fraction of sp³-hybridized carbons (Fsp3) is 0.125. The number of hydrogen-bond acceptors (Lipinski definition) is 6. The molecule has 0 fully saturated rings. The van der Waals surface area contributed by atoms with Gasteiger partial charge in [-0.1, -0.05) is 18.2 Å². The SMILES string of the molecule is COc1cccc(C(=O)O)c1.COc1cccc(C(=O)O)c1.COc1cccc(C(=O)O)c1.[Gd]. The molecule has 0 aliphatic carbocycles. The average Bonchev–Trinajstić information content (AvgIpc) is 2.84. The molecule has 0 spiro atoms. The molecule has 0 radical (unpaired) electrons. The van der Waals surface area contributed by atoms with Gasteiger partial charge in [-0.15, -0.1) is 0 Å². The van der Waals surface area contributed by atoms with E-state index in [4.69, 9.17) is 29.5 Å². The van der Waals surface area contributed by atoms with Crippen LogP contribution in [0.4, 0.5) is 0 Å². The van der Waals surface area contributed by atoms with Gasteiger partial charge in [-0.3, -0.25) is 0 Å². The van der Waals surface area contributed by atoms with Crippen LogP contribution in [-0.2, 0) is 0 Å². The smallest absolute Gasteiger partial charge is 0.335 e. The molecule has 0 amide bonds. The van der Waals surface area contributed by atoms with Gasteiger partial charge in [0.25, 0.3) is 0 Å². The molecule has 10 heteroatoms. The van der Waals surface area contributed by atoms with Crippen molar-refractivity contribution in [2.75, 3.05) is 21.3 Å². The minimum Gasteiger partial charge on any atom is -0.497 e. The van der Waals surface area contributed by atoms with Crippen LogP contribution in [0.15, 0.2) is 72.8 Å².